The Hall–Kier alpha value is -1.16. The lowest BCUT2D eigenvalue weighted by Gasteiger charge is -2.43. The summed E-state index contributed by atoms with van der Waals surface area (Å²) in [5.41, 5.74) is -0.985. The van der Waals surface area contributed by atoms with E-state index in [0.29, 0.717) is 0 Å². The number of ether oxygens (including phenoxy) is 1. The second kappa shape index (κ2) is 4.44. The first kappa shape index (κ1) is 14.3. The van der Waals surface area contributed by atoms with Gasteiger partial charge in [0.15, 0.2) is 5.78 Å². The lowest BCUT2D eigenvalue weighted by Crippen LogP contribution is -2.52. The molecule has 102 valence electrons. The Labute approximate surface area is 121 Å². The van der Waals surface area contributed by atoms with Crippen LogP contribution in [-0.2, 0) is 14.3 Å². The molecule has 0 bridgehead atoms. The average molecular weight is 325 g/mol. The standard InChI is InChI=1S/C15H17BrO3/c1-14(2)11(9-6-5-7-10(16)8-9)19-13(18)15(3,4)12(14)17/h5-8,11H,1-4H3/t11-/m1/s1. The number of rotatable bonds is 1. The number of esters is 1. The maximum Gasteiger partial charge on any atom is 0.319 e. The maximum absolute atomic E-state index is 12.5. The first-order valence-electron chi connectivity index (χ1n) is 6.19. The second-order valence-electron chi connectivity index (χ2n) is 6.02. The third kappa shape index (κ3) is 2.22. The van der Waals surface area contributed by atoms with Gasteiger partial charge in [-0.05, 0) is 45.4 Å². The summed E-state index contributed by atoms with van der Waals surface area (Å²) in [6.07, 6.45) is -0.543. The van der Waals surface area contributed by atoms with E-state index in [1.807, 2.05) is 38.1 Å². The Bertz CT molecular complexity index is 546. The number of hydrogen-bond acceptors (Lipinski definition) is 3. The first-order chi connectivity index (χ1) is 8.67. The van der Waals surface area contributed by atoms with Crippen molar-refractivity contribution < 1.29 is 14.3 Å². The van der Waals surface area contributed by atoms with Gasteiger partial charge in [0.25, 0.3) is 0 Å². The van der Waals surface area contributed by atoms with Crippen molar-refractivity contribution in [3.8, 4) is 0 Å². The van der Waals surface area contributed by atoms with Gasteiger partial charge in [0.1, 0.15) is 11.5 Å². The highest BCUT2D eigenvalue weighted by Crippen LogP contribution is 2.47. The number of carbonyl (C=O) groups excluding carboxylic acids is 2. The number of cyclic esters (lactones) is 1. The van der Waals surface area contributed by atoms with Gasteiger partial charge in [-0.3, -0.25) is 9.59 Å². The zero-order chi connectivity index (χ0) is 14.4. The quantitative estimate of drug-likeness (QED) is 0.584. The molecule has 0 saturated carbocycles. The van der Waals surface area contributed by atoms with E-state index < -0.39 is 22.9 Å². The van der Waals surface area contributed by atoms with Crippen LogP contribution in [0.4, 0.5) is 0 Å². The lowest BCUT2D eigenvalue weighted by molar-refractivity contribution is -0.186. The summed E-state index contributed by atoms with van der Waals surface area (Å²) in [6, 6.07) is 7.52. The predicted octanol–water partition coefficient (Wildman–Crippen LogP) is 3.67. The fourth-order valence-electron chi connectivity index (χ4n) is 2.57. The average Bonchev–Trinajstić information content (AvgIpc) is 2.32. The zero-order valence-corrected chi connectivity index (χ0v) is 13.1. The van der Waals surface area contributed by atoms with Crippen molar-refractivity contribution >= 4 is 27.7 Å². The number of ketones is 1. The molecule has 1 aliphatic heterocycles. The minimum absolute atomic E-state index is 0.0822. The molecule has 2 rings (SSSR count). The van der Waals surface area contributed by atoms with Gasteiger partial charge < -0.3 is 4.74 Å². The molecular weight excluding hydrogens is 308 g/mol. The van der Waals surface area contributed by atoms with Crippen LogP contribution in [0.25, 0.3) is 0 Å². The Morgan fingerprint density at radius 2 is 1.79 bits per heavy atom. The number of Topliss-reactive ketones (excluding diaryl/α,β-unsaturated/α-hetero) is 1. The second-order valence-corrected chi connectivity index (χ2v) is 6.93. The number of hydrogen-bond donors (Lipinski definition) is 0. The van der Waals surface area contributed by atoms with Gasteiger partial charge in [0.2, 0.25) is 0 Å². The van der Waals surface area contributed by atoms with Crippen molar-refractivity contribution in [1.29, 1.82) is 0 Å². The fourth-order valence-corrected chi connectivity index (χ4v) is 2.99. The van der Waals surface area contributed by atoms with Crippen LogP contribution in [-0.4, -0.2) is 11.8 Å². The van der Waals surface area contributed by atoms with Crippen LogP contribution in [0.15, 0.2) is 28.7 Å². The van der Waals surface area contributed by atoms with Crippen molar-refractivity contribution in [2.45, 2.75) is 33.8 Å². The molecule has 0 N–H and O–H groups in total. The van der Waals surface area contributed by atoms with Crippen LogP contribution in [0, 0.1) is 10.8 Å². The van der Waals surface area contributed by atoms with Gasteiger partial charge in [-0.25, -0.2) is 0 Å². The molecule has 0 radical (unpaired) electrons. The van der Waals surface area contributed by atoms with E-state index in [1.54, 1.807) is 13.8 Å². The summed E-state index contributed by atoms with van der Waals surface area (Å²) >= 11 is 3.39. The predicted molar refractivity (Wildman–Crippen MR) is 75.5 cm³/mol. The summed E-state index contributed by atoms with van der Waals surface area (Å²) in [7, 11) is 0. The van der Waals surface area contributed by atoms with Crippen LogP contribution in [0.5, 0.6) is 0 Å². The van der Waals surface area contributed by atoms with Crippen LogP contribution >= 0.6 is 15.9 Å². The van der Waals surface area contributed by atoms with Gasteiger partial charge >= 0.3 is 5.97 Å². The molecule has 1 saturated heterocycles. The van der Waals surface area contributed by atoms with E-state index in [2.05, 4.69) is 15.9 Å². The molecule has 1 atom stereocenters. The number of carbonyl (C=O) groups is 2. The zero-order valence-electron chi connectivity index (χ0n) is 11.5. The highest BCUT2D eigenvalue weighted by atomic mass is 79.9. The van der Waals surface area contributed by atoms with Crippen LogP contribution < -0.4 is 0 Å². The summed E-state index contributed by atoms with van der Waals surface area (Å²) in [6.45, 7) is 6.90. The Morgan fingerprint density at radius 3 is 2.37 bits per heavy atom. The third-order valence-corrected chi connectivity index (χ3v) is 4.19. The van der Waals surface area contributed by atoms with E-state index in [4.69, 9.17) is 4.74 Å². The molecule has 19 heavy (non-hydrogen) atoms. The minimum Gasteiger partial charge on any atom is -0.456 e. The highest BCUT2D eigenvalue weighted by Gasteiger charge is 2.55. The smallest absolute Gasteiger partial charge is 0.319 e. The van der Waals surface area contributed by atoms with Crippen molar-refractivity contribution in [2.24, 2.45) is 10.8 Å². The van der Waals surface area contributed by atoms with E-state index in [0.717, 1.165) is 10.0 Å². The molecular formula is C15H17BrO3. The largest absolute Gasteiger partial charge is 0.456 e. The van der Waals surface area contributed by atoms with E-state index in [1.165, 1.54) is 0 Å². The molecule has 1 aromatic rings. The normalized spacial score (nSPS) is 25.0. The Morgan fingerprint density at radius 1 is 1.16 bits per heavy atom. The Kier molecular flexibility index (Phi) is 3.33. The van der Waals surface area contributed by atoms with Crippen molar-refractivity contribution in [1.82, 2.24) is 0 Å². The monoisotopic (exact) mass is 324 g/mol. The summed E-state index contributed by atoms with van der Waals surface area (Å²) < 4.78 is 6.45. The van der Waals surface area contributed by atoms with Gasteiger partial charge in [-0.2, -0.15) is 0 Å². The molecule has 0 unspecified atom stereocenters. The van der Waals surface area contributed by atoms with Crippen molar-refractivity contribution in [2.75, 3.05) is 0 Å². The van der Waals surface area contributed by atoms with Gasteiger partial charge in [0.05, 0.1) is 5.41 Å². The molecule has 0 aromatic heterocycles. The maximum atomic E-state index is 12.5. The molecule has 3 nitrogen and oxygen atoms in total. The van der Waals surface area contributed by atoms with Crippen molar-refractivity contribution in [3.05, 3.63) is 34.3 Å². The van der Waals surface area contributed by atoms with Crippen LogP contribution in [0.1, 0.15) is 39.4 Å². The molecule has 0 amide bonds. The van der Waals surface area contributed by atoms with E-state index >= 15 is 0 Å². The summed E-state index contributed by atoms with van der Waals surface area (Å²) in [5.74, 6) is -0.539. The van der Waals surface area contributed by atoms with Crippen LogP contribution in [0.2, 0.25) is 0 Å². The lowest BCUT2D eigenvalue weighted by atomic mass is 9.67. The topological polar surface area (TPSA) is 43.4 Å². The van der Waals surface area contributed by atoms with Gasteiger partial charge in [0, 0.05) is 4.47 Å². The molecule has 4 heteroatoms. The molecule has 1 aromatic carbocycles. The molecule has 0 aliphatic carbocycles. The van der Waals surface area contributed by atoms with E-state index in [9.17, 15) is 9.59 Å². The molecule has 0 spiro atoms. The number of halogens is 1. The summed E-state index contributed by atoms with van der Waals surface area (Å²) in [5, 5.41) is 0. The van der Waals surface area contributed by atoms with Crippen LogP contribution in [0.3, 0.4) is 0 Å². The highest BCUT2D eigenvalue weighted by molar-refractivity contribution is 9.10. The van der Waals surface area contributed by atoms with Gasteiger partial charge in [-0.15, -0.1) is 0 Å². The SMILES string of the molecule is CC1(C)C(=O)O[C@H](c2cccc(Br)c2)C(C)(C)C1=O. The van der Waals surface area contributed by atoms with E-state index in [-0.39, 0.29) is 5.78 Å². The molecule has 1 heterocycles. The molecule has 1 aliphatic rings. The minimum atomic E-state index is -1.08. The van der Waals surface area contributed by atoms with Gasteiger partial charge in [-0.1, -0.05) is 28.1 Å². The first-order valence-corrected chi connectivity index (χ1v) is 6.98. The third-order valence-electron chi connectivity index (χ3n) is 3.69. The fraction of sp³-hybridized carbons (Fsp3) is 0.467. The Balaban J connectivity index is 2.48. The number of benzene rings is 1. The molecule has 1 fully saturated rings. The van der Waals surface area contributed by atoms with Crippen molar-refractivity contribution in [3.63, 3.8) is 0 Å². The summed E-state index contributed by atoms with van der Waals surface area (Å²) in [4.78, 5) is 24.6.